The van der Waals surface area contributed by atoms with Crippen LogP contribution in [0, 0.1) is 10.1 Å². The Morgan fingerprint density at radius 3 is 2.81 bits per heavy atom. The lowest BCUT2D eigenvalue weighted by Gasteiger charge is -2.11. The standard InChI is InChI=1S/C20H17ClN2O7S/c1-2-3-8-29-18(24)11-22-19(25)17(31-20(22)26)10-13-5-7-16(30-13)14-6-4-12(21)9-15(14)23(27)28/h4-7,9-10H,2-3,8,11H2,1H3/b17-10+. The Labute approximate surface area is 186 Å². The summed E-state index contributed by atoms with van der Waals surface area (Å²) in [6, 6.07) is 7.19. The minimum Gasteiger partial charge on any atom is -0.464 e. The number of ether oxygens (including phenoxy) is 1. The zero-order chi connectivity index (χ0) is 22.5. The molecule has 0 radical (unpaired) electrons. The van der Waals surface area contributed by atoms with Crippen LogP contribution < -0.4 is 0 Å². The van der Waals surface area contributed by atoms with Gasteiger partial charge in [-0.3, -0.25) is 29.4 Å². The first-order valence-corrected chi connectivity index (χ1v) is 10.4. The number of hydrogen-bond acceptors (Lipinski definition) is 8. The molecule has 2 aromatic rings. The Morgan fingerprint density at radius 1 is 1.32 bits per heavy atom. The van der Waals surface area contributed by atoms with E-state index < -0.39 is 28.6 Å². The molecule has 162 valence electrons. The normalized spacial score (nSPS) is 15.0. The third-order valence-corrected chi connectivity index (χ3v) is 5.39. The van der Waals surface area contributed by atoms with E-state index in [1.54, 1.807) is 0 Å². The molecular formula is C20H17ClN2O7S. The van der Waals surface area contributed by atoms with Crippen molar-refractivity contribution >= 4 is 52.2 Å². The van der Waals surface area contributed by atoms with E-state index in [0.29, 0.717) is 18.2 Å². The van der Waals surface area contributed by atoms with Crippen LogP contribution in [0.5, 0.6) is 0 Å². The van der Waals surface area contributed by atoms with Gasteiger partial charge in [-0.2, -0.15) is 0 Å². The number of thioether (sulfide) groups is 1. The van der Waals surface area contributed by atoms with Crippen molar-refractivity contribution in [1.29, 1.82) is 0 Å². The summed E-state index contributed by atoms with van der Waals surface area (Å²) < 4.78 is 10.6. The monoisotopic (exact) mass is 464 g/mol. The van der Waals surface area contributed by atoms with Crippen LogP contribution in [0.4, 0.5) is 10.5 Å². The van der Waals surface area contributed by atoms with Gasteiger partial charge in [0.15, 0.2) is 0 Å². The summed E-state index contributed by atoms with van der Waals surface area (Å²) in [5.41, 5.74) is -0.00714. The summed E-state index contributed by atoms with van der Waals surface area (Å²) in [6.07, 6.45) is 2.89. The van der Waals surface area contributed by atoms with Crippen LogP contribution in [0.1, 0.15) is 25.5 Å². The summed E-state index contributed by atoms with van der Waals surface area (Å²) in [5, 5.41) is 10.9. The highest BCUT2D eigenvalue weighted by molar-refractivity contribution is 8.18. The minimum absolute atomic E-state index is 0.0675. The molecule has 0 bridgehead atoms. The quantitative estimate of drug-likeness (QED) is 0.178. The summed E-state index contributed by atoms with van der Waals surface area (Å²) in [4.78, 5) is 48.0. The van der Waals surface area contributed by atoms with E-state index in [0.717, 1.165) is 11.3 Å². The Hall–Kier alpha value is -3.11. The molecule has 9 nitrogen and oxygen atoms in total. The lowest BCUT2D eigenvalue weighted by atomic mass is 10.1. The van der Waals surface area contributed by atoms with Gasteiger partial charge in [0, 0.05) is 17.2 Å². The first kappa shape index (κ1) is 22.6. The molecular weight excluding hydrogens is 448 g/mol. The van der Waals surface area contributed by atoms with Crippen LogP contribution in [-0.2, 0) is 14.3 Å². The molecule has 1 fully saturated rings. The van der Waals surface area contributed by atoms with Crippen molar-refractivity contribution in [3.8, 4) is 11.3 Å². The predicted molar refractivity (Wildman–Crippen MR) is 114 cm³/mol. The van der Waals surface area contributed by atoms with Crippen molar-refractivity contribution in [3.63, 3.8) is 0 Å². The van der Waals surface area contributed by atoms with Gasteiger partial charge in [-0.1, -0.05) is 24.9 Å². The number of imide groups is 1. The summed E-state index contributed by atoms with van der Waals surface area (Å²) >= 11 is 6.49. The van der Waals surface area contributed by atoms with Crippen molar-refractivity contribution < 1.29 is 28.5 Å². The van der Waals surface area contributed by atoms with Crippen molar-refractivity contribution in [2.75, 3.05) is 13.2 Å². The molecule has 0 aliphatic carbocycles. The third-order valence-electron chi connectivity index (χ3n) is 4.24. The van der Waals surface area contributed by atoms with Gasteiger partial charge in [0.25, 0.3) is 16.8 Å². The van der Waals surface area contributed by atoms with Crippen LogP contribution >= 0.6 is 23.4 Å². The van der Waals surface area contributed by atoms with Crippen molar-refractivity contribution in [1.82, 2.24) is 4.90 Å². The molecule has 0 atom stereocenters. The number of esters is 1. The largest absolute Gasteiger partial charge is 0.464 e. The number of carbonyl (C=O) groups excluding carboxylic acids is 3. The predicted octanol–water partition coefficient (Wildman–Crippen LogP) is 4.89. The van der Waals surface area contributed by atoms with Gasteiger partial charge in [-0.05, 0) is 42.4 Å². The molecule has 1 aromatic carbocycles. The van der Waals surface area contributed by atoms with E-state index in [4.69, 9.17) is 20.8 Å². The number of nitrogens with zero attached hydrogens (tertiary/aromatic N) is 2. The molecule has 0 N–H and O–H groups in total. The molecule has 0 spiro atoms. The van der Waals surface area contributed by atoms with Gasteiger partial charge < -0.3 is 9.15 Å². The Kier molecular flexibility index (Phi) is 7.13. The molecule has 1 aromatic heterocycles. The third kappa shape index (κ3) is 5.33. The Morgan fingerprint density at radius 2 is 2.10 bits per heavy atom. The fourth-order valence-corrected chi connectivity index (χ4v) is 3.69. The number of carbonyl (C=O) groups is 3. The van der Waals surface area contributed by atoms with Crippen molar-refractivity contribution in [2.45, 2.75) is 19.8 Å². The average Bonchev–Trinajstić information content (AvgIpc) is 3.28. The molecule has 1 saturated heterocycles. The van der Waals surface area contributed by atoms with E-state index in [1.807, 2.05) is 6.92 Å². The second-order valence-corrected chi connectivity index (χ2v) is 7.89. The fourth-order valence-electron chi connectivity index (χ4n) is 2.71. The van der Waals surface area contributed by atoms with Crippen molar-refractivity contribution in [2.24, 2.45) is 0 Å². The average molecular weight is 465 g/mol. The molecule has 2 amide bonds. The summed E-state index contributed by atoms with van der Waals surface area (Å²) in [5.74, 6) is -0.881. The molecule has 2 heterocycles. The number of nitro groups is 1. The highest BCUT2D eigenvalue weighted by Gasteiger charge is 2.37. The van der Waals surface area contributed by atoms with Gasteiger partial charge >= 0.3 is 5.97 Å². The first-order valence-electron chi connectivity index (χ1n) is 9.25. The molecule has 0 unspecified atom stereocenters. The van der Waals surface area contributed by atoms with Gasteiger partial charge in [-0.15, -0.1) is 0 Å². The topological polar surface area (TPSA) is 120 Å². The number of nitro benzene ring substituents is 1. The fraction of sp³-hybridized carbons (Fsp3) is 0.250. The first-order chi connectivity index (χ1) is 14.8. The number of rotatable bonds is 8. The van der Waals surface area contributed by atoms with Crippen LogP contribution in [0.15, 0.2) is 39.7 Å². The lowest BCUT2D eigenvalue weighted by molar-refractivity contribution is -0.384. The minimum atomic E-state index is -0.660. The number of halogens is 1. The van der Waals surface area contributed by atoms with Gasteiger partial charge in [0.2, 0.25) is 0 Å². The number of benzene rings is 1. The summed E-state index contributed by atoms with van der Waals surface area (Å²) in [6.45, 7) is 1.71. The highest BCUT2D eigenvalue weighted by atomic mass is 35.5. The maximum Gasteiger partial charge on any atom is 0.326 e. The zero-order valence-electron chi connectivity index (χ0n) is 16.3. The van der Waals surface area contributed by atoms with E-state index >= 15 is 0 Å². The van der Waals surface area contributed by atoms with Crippen LogP contribution in [-0.4, -0.2) is 40.1 Å². The summed E-state index contributed by atoms with van der Waals surface area (Å²) in [7, 11) is 0. The SMILES string of the molecule is CCCCOC(=O)CN1C(=O)S/C(=C/c2ccc(-c3ccc(Cl)cc3[N+](=O)[O-])o2)C1=O. The Bertz CT molecular complexity index is 1080. The van der Waals surface area contributed by atoms with E-state index in [9.17, 15) is 24.5 Å². The highest BCUT2D eigenvalue weighted by Crippen LogP contribution is 2.36. The number of amides is 2. The number of unbranched alkanes of at least 4 members (excludes halogenated alkanes) is 1. The maximum absolute atomic E-state index is 12.5. The lowest BCUT2D eigenvalue weighted by Crippen LogP contribution is -2.34. The molecule has 1 aliphatic heterocycles. The second kappa shape index (κ2) is 9.80. The zero-order valence-corrected chi connectivity index (χ0v) is 17.9. The van der Waals surface area contributed by atoms with E-state index in [1.165, 1.54) is 36.4 Å². The molecule has 3 rings (SSSR count). The van der Waals surface area contributed by atoms with E-state index in [-0.39, 0.29) is 39.3 Å². The van der Waals surface area contributed by atoms with Crippen LogP contribution in [0.3, 0.4) is 0 Å². The molecule has 1 aliphatic rings. The number of hydrogen-bond donors (Lipinski definition) is 0. The van der Waals surface area contributed by atoms with Gasteiger partial charge in [0.1, 0.15) is 18.1 Å². The van der Waals surface area contributed by atoms with Crippen LogP contribution in [0.2, 0.25) is 5.02 Å². The second-order valence-electron chi connectivity index (χ2n) is 6.46. The number of furan rings is 1. The molecule has 31 heavy (non-hydrogen) atoms. The van der Waals surface area contributed by atoms with Gasteiger partial charge in [-0.25, -0.2) is 0 Å². The van der Waals surface area contributed by atoms with Crippen LogP contribution in [0.25, 0.3) is 17.4 Å². The molecule has 0 saturated carbocycles. The van der Waals surface area contributed by atoms with Crippen molar-refractivity contribution in [3.05, 3.63) is 56.1 Å². The maximum atomic E-state index is 12.5. The van der Waals surface area contributed by atoms with Gasteiger partial charge in [0.05, 0.1) is 22.0 Å². The molecule has 11 heteroatoms. The Balaban J connectivity index is 1.76. The smallest absolute Gasteiger partial charge is 0.326 e. The van der Waals surface area contributed by atoms with E-state index in [2.05, 4.69) is 0 Å².